The normalized spacial score (nSPS) is 10.8. The molecular formula is C11H16N4O3. The third-order valence-electron chi connectivity index (χ3n) is 2.41. The van der Waals surface area contributed by atoms with Crippen molar-refractivity contribution < 1.29 is 14.7 Å². The molecule has 18 heavy (non-hydrogen) atoms. The number of aliphatic carboxylic acids is 1. The van der Waals surface area contributed by atoms with Crippen LogP contribution in [0.25, 0.3) is 0 Å². The number of carboxylic acids is 1. The van der Waals surface area contributed by atoms with E-state index in [9.17, 15) is 9.59 Å². The van der Waals surface area contributed by atoms with Gasteiger partial charge in [-0.15, -0.1) is 10.2 Å². The topological polar surface area (TPSA) is 104 Å². The second kappa shape index (κ2) is 5.44. The Bertz CT molecular complexity index is 442. The van der Waals surface area contributed by atoms with Gasteiger partial charge in [0.15, 0.2) is 5.69 Å². The van der Waals surface area contributed by atoms with Crippen LogP contribution in [0.15, 0.2) is 12.1 Å². The lowest BCUT2D eigenvalue weighted by molar-refractivity contribution is -0.146. The smallest absolute Gasteiger partial charge is 0.310 e. The summed E-state index contributed by atoms with van der Waals surface area (Å²) in [7, 11) is 1.51. The van der Waals surface area contributed by atoms with Crippen molar-refractivity contribution in [3.63, 3.8) is 0 Å². The third-order valence-corrected chi connectivity index (χ3v) is 2.41. The number of hydrogen-bond donors (Lipinski definition) is 3. The van der Waals surface area contributed by atoms with Crippen LogP contribution in [0.5, 0.6) is 0 Å². The minimum Gasteiger partial charge on any atom is -0.481 e. The molecule has 0 unspecified atom stereocenters. The molecule has 0 saturated heterocycles. The summed E-state index contributed by atoms with van der Waals surface area (Å²) in [4.78, 5) is 22.1. The standard InChI is InChI=1S/C11H16N4O3/c1-11(2,10(17)18)6-13-8-5-4-7(14-15-8)9(16)12-3/h4-5H,6H2,1-3H3,(H,12,16)(H,13,15)(H,17,18). The molecule has 1 amide bonds. The van der Waals surface area contributed by atoms with Gasteiger partial charge in [0.05, 0.1) is 5.41 Å². The molecule has 0 fully saturated rings. The number of carbonyl (C=O) groups excluding carboxylic acids is 1. The molecule has 0 bridgehead atoms. The second-order valence-electron chi connectivity index (χ2n) is 4.43. The van der Waals surface area contributed by atoms with E-state index in [-0.39, 0.29) is 18.1 Å². The van der Waals surface area contributed by atoms with Gasteiger partial charge in [-0.05, 0) is 26.0 Å². The van der Waals surface area contributed by atoms with Gasteiger partial charge in [-0.25, -0.2) is 0 Å². The molecule has 0 saturated carbocycles. The number of carbonyl (C=O) groups is 2. The zero-order valence-corrected chi connectivity index (χ0v) is 10.5. The number of hydrogen-bond acceptors (Lipinski definition) is 5. The monoisotopic (exact) mass is 252 g/mol. The van der Waals surface area contributed by atoms with E-state index < -0.39 is 11.4 Å². The maximum Gasteiger partial charge on any atom is 0.310 e. The maximum absolute atomic E-state index is 11.2. The molecule has 0 aromatic carbocycles. The molecular weight excluding hydrogens is 236 g/mol. The first-order valence-electron chi connectivity index (χ1n) is 5.40. The van der Waals surface area contributed by atoms with Gasteiger partial charge in [-0.2, -0.15) is 0 Å². The fourth-order valence-electron chi connectivity index (χ4n) is 1.06. The first-order chi connectivity index (χ1) is 8.36. The number of amides is 1. The predicted molar refractivity (Wildman–Crippen MR) is 65.3 cm³/mol. The third kappa shape index (κ3) is 3.41. The van der Waals surface area contributed by atoms with Crippen molar-refractivity contribution in [2.45, 2.75) is 13.8 Å². The minimum absolute atomic E-state index is 0.209. The van der Waals surface area contributed by atoms with Crippen LogP contribution in [-0.4, -0.2) is 40.8 Å². The van der Waals surface area contributed by atoms with Gasteiger partial charge in [-0.3, -0.25) is 9.59 Å². The minimum atomic E-state index is -0.902. The van der Waals surface area contributed by atoms with E-state index in [1.807, 2.05) is 0 Å². The van der Waals surface area contributed by atoms with Crippen molar-refractivity contribution in [3.8, 4) is 0 Å². The van der Waals surface area contributed by atoms with Crippen molar-refractivity contribution in [2.75, 3.05) is 18.9 Å². The second-order valence-corrected chi connectivity index (χ2v) is 4.43. The van der Waals surface area contributed by atoms with Gasteiger partial charge in [0.2, 0.25) is 0 Å². The number of aromatic nitrogens is 2. The molecule has 98 valence electrons. The van der Waals surface area contributed by atoms with E-state index in [1.54, 1.807) is 19.9 Å². The van der Waals surface area contributed by atoms with E-state index >= 15 is 0 Å². The Morgan fingerprint density at radius 1 is 1.33 bits per heavy atom. The van der Waals surface area contributed by atoms with Crippen molar-refractivity contribution in [1.82, 2.24) is 15.5 Å². The number of rotatable bonds is 5. The molecule has 1 heterocycles. The molecule has 7 heteroatoms. The Kier molecular flexibility index (Phi) is 4.19. The van der Waals surface area contributed by atoms with E-state index in [1.165, 1.54) is 13.1 Å². The molecule has 3 N–H and O–H groups in total. The van der Waals surface area contributed by atoms with Crippen molar-refractivity contribution in [2.24, 2.45) is 5.41 Å². The summed E-state index contributed by atoms with van der Waals surface area (Å²) in [5, 5.41) is 21.8. The first kappa shape index (κ1) is 13.9. The molecule has 1 rings (SSSR count). The number of anilines is 1. The average molecular weight is 252 g/mol. The molecule has 0 atom stereocenters. The summed E-state index contributed by atoms with van der Waals surface area (Å²) in [5.74, 6) is -0.790. The van der Waals surface area contributed by atoms with Crippen LogP contribution >= 0.6 is 0 Å². The highest BCUT2D eigenvalue weighted by molar-refractivity contribution is 5.91. The van der Waals surface area contributed by atoms with Gasteiger partial charge in [0.1, 0.15) is 5.82 Å². The first-order valence-corrected chi connectivity index (χ1v) is 5.40. The summed E-state index contributed by atoms with van der Waals surface area (Å²) in [6, 6.07) is 3.09. The highest BCUT2D eigenvalue weighted by Crippen LogP contribution is 2.15. The molecule has 0 radical (unpaired) electrons. The van der Waals surface area contributed by atoms with Crippen LogP contribution in [0.1, 0.15) is 24.3 Å². The van der Waals surface area contributed by atoms with Gasteiger partial charge < -0.3 is 15.7 Å². The number of nitrogens with one attached hydrogen (secondary N) is 2. The molecule has 0 aliphatic rings. The zero-order valence-electron chi connectivity index (χ0n) is 10.5. The molecule has 7 nitrogen and oxygen atoms in total. The van der Waals surface area contributed by atoms with E-state index in [0.29, 0.717) is 5.82 Å². The summed E-state index contributed by atoms with van der Waals surface area (Å²) < 4.78 is 0. The van der Waals surface area contributed by atoms with Gasteiger partial charge in [0.25, 0.3) is 5.91 Å². The molecule has 0 aliphatic carbocycles. The predicted octanol–water partition coefficient (Wildman–Crippen LogP) is 0.359. The average Bonchev–Trinajstić information content (AvgIpc) is 2.36. The van der Waals surface area contributed by atoms with Crippen LogP contribution in [0.2, 0.25) is 0 Å². The van der Waals surface area contributed by atoms with Crippen molar-refractivity contribution >= 4 is 17.7 Å². The number of carboxylic acid groups (broad SMARTS) is 1. The Morgan fingerprint density at radius 3 is 2.44 bits per heavy atom. The fourth-order valence-corrected chi connectivity index (χ4v) is 1.06. The largest absolute Gasteiger partial charge is 0.481 e. The van der Waals surface area contributed by atoms with Crippen LogP contribution in [0.3, 0.4) is 0 Å². The van der Waals surface area contributed by atoms with Crippen LogP contribution < -0.4 is 10.6 Å². The summed E-state index contributed by atoms with van der Waals surface area (Å²) >= 11 is 0. The van der Waals surface area contributed by atoms with Crippen LogP contribution in [0, 0.1) is 5.41 Å². The number of nitrogens with zero attached hydrogens (tertiary/aromatic N) is 2. The summed E-state index contributed by atoms with van der Waals surface area (Å²) in [6.45, 7) is 3.43. The van der Waals surface area contributed by atoms with E-state index in [2.05, 4.69) is 20.8 Å². The fraction of sp³-hybridized carbons (Fsp3) is 0.455. The Balaban J connectivity index is 2.65. The van der Waals surface area contributed by atoms with Crippen molar-refractivity contribution in [3.05, 3.63) is 17.8 Å². The van der Waals surface area contributed by atoms with Crippen molar-refractivity contribution in [1.29, 1.82) is 0 Å². The molecule has 1 aromatic heterocycles. The van der Waals surface area contributed by atoms with Gasteiger partial charge in [-0.1, -0.05) is 0 Å². The van der Waals surface area contributed by atoms with E-state index in [0.717, 1.165) is 0 Å². The zero-order chi connectivity index (χ0) is 13.8. The lowest BCUT2D eigenvalue weighted by Crippen LogP contribution is -2.32. The quantitative estimate of drug-likeness (QED) is 0.699. The summed E-state index contributed by atoms with van der Waals surface area (Å²) in [6.07, 6.45) is 0. The Hall–Kier alpha value is -2.18. The molecule has 0 aliphatic heterocycles. The van der Waals surface area contributed by atoms with Crippen LogP contribution in [0.4, 0.5) is 5.82 Å². The maximum atomic E-state index is 11.2. The SMILES string of the molecule is CNC(=O)c1ccc(NCC(C)(C)C(=O)O)nn1. The molecule has 0 spiro atoms. The van der Waals surface area contributed by atoms with Gasteiger partial charge >= 0.3 is 5.97 Å². The molecule has 1 aromatic rings. The highest BCUT2D eigenvalue weighted by atomic mass is 16.4. The Morgan fingerprint density at radius 2 is 2.00 bits per heavy atom. The lowest BCUT2D eigenvalue weighted by atomic mass is 9.94. The highest BCUT2D eigenvalue weighted by Gasteiger charge is 2.26. The lowest BCUT2D eigenvalue weighted by Gasteiger charge is -2.19. The summed E-state index contributed by atoms with van der Waals surface area (Å²) in [5.41, 5.74) is -0.693. The van der Waals surface area contributed by atoms with Crippen LogP contribution in [-0.2, 0) is 4.79 Å². The van der Waals surface area contributed by atoms with E-state index in [4.69, 9.17) is 5.11 Å². The van der Waals surface area contributed by atoms with Gasteiger partial charge in [0, 0.05) is 13.6 Å². The Labute approximate surface area is 105 Å².